The summed E-state index contributed by atoms with van der Waals surface area (Å²) in [6.45, 7) is 3.96. The molecule has 0 spiro atoms. The van der Waals surface area contributed by atoms with E-state index in [1.54, 1.807) is 0 Å². The van der Waals surface area contributed by atoms with Gasteiger partial charge in [-0.3, -0.25) is 4.79 Å². The molecule has 2 rings (SSSR count). The number of aliphatic hydroxyl groups is 1. The highest BCUT2D eigenvalue weighted by atomic mass is 16.5. The minimum absolute atomic E-state index is 0.0892. The topological polar surface area (TPSA) is 103 Å². The van der Waals surface area contributed by atoms with E-state index in [9.17, 15) is 14.9 Å². The molecule has 7 nitrogen and oxygen atoms in total. The number of nitriles is 1. The molecule has 0 radical (unpaired) electrons. The SMILES string of the molecule is CCc1cc(NC2=C(C(=O)OC)CN(CCO)C2=O)cc(CC)c1C#N. The zero-order valence-corrected chi connectivity index (χ0v) is 15.3. The van der Waals surface area contributed by atoms with Crippen molar-refractivity contribution in [3.63, 3.8) is 0 Å². The van der Waals surface area contributed by atoms with Crippen molar-refractivity contribution in [2.45, 2.75) is 26.7 Å². The van der Waals surface area contributed by atoms with Crippen molar-refractivity contribution in [3.8, 4) is 6.07 Å². The number of rotatable bonds is 7. The monoisotopic (exact) mass is 357 g/mol. The van der Waals surface area contributed by atoms with Crippen LogP contribution in [0.3, 0.4) is 0 Å². The highest BCUT2D eigenvalue weighted by molar-refractivity contribution is 6.08. The maximum absolute atomic E-state index is 12.6. The molecule has 0 atom stereocenters. The molecular weight excluding hydrogens is 334 g/mol. The van der Waals surface area contributed by atoms with Crippen molar-refractivity contribution in [1.29, 1.82) is 5.26 Å². The van der Waals surface area contributed by atoms with Gasteiger partial charge in [-0.25, -0.2) is 4.79 Å². The lowest BCUT2D eigenvalue weighted by molar-refractivity contribution is -0.136. The number of esters is 1. The molecule has 1 aromatic carbocycles. The van der Waals surface area contributed by atoms with E-state index in [0.29, 0.717) is 24.1 Å². The highest BCUT2D eigenvalue weighted by Gasteiger charge is 2.34. The van der Waals surface area contributed by atoms with Gasteiger partial charge in [-0.15, -0.1) is 0 Å². The smallest absolute Gasteiger partial charge is 0.337 e. The van der Waals surface area contributed by atoms with Crippen LogP contribution >= 0.6 is 0 Å². The molecule has 1 aliphatic rings. The predicted octanol–water partition coefficient (Wildman–Crippen LogP) is 1.36. The molecule has 1 aliphatic heterocycles. The maximum Gasteiger partial charge on any atom is 0.337 e. The van der Waals surface area contributed by atoms with Crippen molar-refractivity contribution in [1.82, 2.24) is 4.90 Å². The zero-order valence-electron chi connectivity index (χ0n) is 15.3. The van der Waals surface area contributed by atoms with Crippen LogP contribution in [0.1, 0.15) is 30.5 Å². The molecule has 0 aliphatic carbocycles. The minimum atomic E-state index is -0.582. The Morgan fingerprint density at radius 2 is 1.96 bits per heavy atom. The van der Waals surface area contributed by atoms with Gasteiger partial charge < -0.3 is 20.1 Å². The number of aryl methyl sites for hydroxylation is 2. The van der Waals surface area contributed by atoms with E-state index in [-0.39, 0.29) is 36.9 Å². The summed E-state index contributed by atoms with van der Waals surface area (Å²) in [6.07, 6.45) is 1.36. The fraction of sp³-hybridized carbons (Fsp3) is 0.421. The van der Waals surface area contributed by atoms with Crippen LogP contribution in [-0.4, -0.2) is 48.7 Å². The average Bonchev–Trinajstić information content (AvgIpc) is 2.96. The van der Waals surface area contributed by atoms with Crippen LogP contribution in [0.4, 0.5) is 5.69 Å². The van der Waals surface area contributed by atoms with Crippen molar-refractivity contribution >= 4 is 17.6 Å². The lowest BCUT2D eigenvalue weighted by Gasteiger charge is -2.16. The number of ether oxygens (including phenoxy) is 1. The van der Waals surface area contributed by atoms with Gasteiger partial charge in [0.2, 0.25) is 0 Å². The Kier molecular flexibility index (Phi) is 6.36. The second-order valence-electron chi connectivity index (χ2n) is 5.91. The lowest BCUT2D eigenvalue weighted by atomic mass is 9.97. The van der Waals surface area contributed by atoms with Crippen LogP contribution in [0, 0.1) is 11.3 Å². The fourth-order valence-electron chi connectivity index (χ4n) is 3.03. The number of carbonyl (C=O) groups excluding carboxylic acids is 2. The summed E-state index contributed by atoms with van der Waals surface area (Å²) in [5.74, 6) is -0.943. The number of nitrogens with one attached hydrogen (secondary N) is 1. The first kappa shape index (κ1) is 19.5. The normalized spacial score (nSPS) is 13.8. The van der Waals surface area contributed by atoms with Gasteiger partial charge in [0, 0.05) is 12.2 Å². The van der Waals surface area contributed by atoms with E-state index in [1.165, 1.54) is 12.0 Å². The quantitative estimate of drug-likeness (QED) is 0.714. The van der Waals surface area contributed by atoms with E-state index in [1.807, 2.05) is 26.0 Å². The Morgan fingerprint density at radius 1 is 1.35 bits per heavy atom. The molecule has 0 saturated heterocycles. The van der Waals surface area contributed by atoms with Crippen molar-refractivity contribution < 1.29 is 19.4 Å². The number of carbonyl (C=O) groups is 2. The Morgan fingerprint density at radius 3 is 2.42 bits per heavy atom. The molecule has 1 amide bonds. The Hall–Kier alpha value is -2.85. The molecule has 0 fully saturated rings. The van der Waals surface area contributed by atoms with Gasteiger partial charge in [-0.05, 0) is 36.1 Å². The molecule has 1 aromatic rings. The van der Waals surface area contributed by atoms with Crippen molar-refractivity contribution in [2.24, 2.45) is 0 Å². The molecular formula is C19H23N3O4. The van der Waals surface area contributed by atoms with Crippen LogP contribution < -0.4 is 5.32 Å². The molecule has 2 N–H and O–H groups in total. The summed E-state index contributed by atoms with van der Waals surface area (Å²) in [5.41, 5.74) is 3.45. The second-order valence-corrected chi connectivity index (χ2v) is 5.91. The Labute approximate surface area is 152 Å². The zero-order chi connectivity index (χ0) is 19.3. The van der Waals surface area contributed by atoms with E-state index in [0.717, 1.165) is 11.1 Å². The lowest BCUT2D eigenvalue weighted by Crippen LogP contribution is -2.31. The number of amides is 1. The fourth-order valence-corrected chi connectivity index (χ4v) is 3.03. The summed E-state index contributed by atoms with van der Waals surface area (Å²) in [5, 5.41) is 21.6. The molecule has 1 heterocycles. The minimum Gasteiger partial charge on any atom is -0.466 e. The number of methoxy groups -OCH3 is 1. The Bertz CT molecular complexity index is 767. The molecule has 138 valence electrons. The number of aliphatic hydroxyl groups excluding tert-OH is 1. The van der Waals surface area contributed by atoms with Gasteiger partial charge in [0.05, 0.1) is 37.5 Å². The summed E-state index contributed by atoms with van der Waals surface area (Å²) >= 11 is 0. The first-order chi connectivity index (χ1) is 12.5. The third-order valence-corrected chi connectivity index (χ3v) is 4.40. The van der Waals surface area contributed by atoms with Crippen LogP contribution in [-0.2, 0) is 27.2 Å². The third-order valence-electron chi connectivity index (χ3n) is 4.40. The summed E-state index contributed by atoms with van der Waals surface area (Å²) in [4.78, 5) is 26.0. The number of nitrogens with zero attached hydrogens (tertiary/aromatic N) is 2. The molecule has 0 bridgehead atoms. The van der Waals surface area contributed by atoms with Gasteiger partial charge >= 0.3 is 5.97 Å². The summed E-state index contributed by atoms with van der Waals surface area (Å²) < 4.78 is 4.78. The summed E-state index contributed by atoms with van der Waals surface area (Å²) in [7, 11) is 1.26. The van der Waals surface area contributed by atoms with E-state index >= 15 is 0 Å². The van der Waals surface area contributed by atoms with Gasteiger partial charge in [-0.1, -0.05) is 13.8 Å². The van der Waals surface area contributed by atoms with E-state index < -0.39 is 5.97 Å². The molecule has 0 unspecified atom stereocenters. The highest BCUT2D eigenvalue weighted by Crippen LogP contribution is 2.26. The van der Waals surface area contributed by atoms with Crippen LogP contribution in [0.25, 0.3) is 0 Å². The van der Waals surface area contributed by atoms with E-state index in [4.69, 9.17) is 9.84 Å². The maximum atomic E-state index is 12.6. The first-order valence-electron chi connectivity index (χ1n) is 8.55. The van der Waals surface area contributed by atoms with Crippen LogP contribution in [0.2, 0.25) is 0 Å². The standard InChI is InChI=1S/C19H23N3O4/c1-4-12-8-14(9-13(5-2)15(12)10-20)21-17-16(19(25)26-3)11-22(6-7-23)18(17)24/h8-9,21,23H,4-7,11H2,1-3H3. The van der Waals surface area contributed by atoms with Crippen LogP contribution in [0.15, 0.2) is 23.4 Å². The number of hydrogen-bond donors (Lipinski definition) is 2. The number of benzene rings is 1. The van der Waals surface area contributed by atoms with Crippen LogP contribution in [0.5, 0.6) is 0 Å². The molecule has 0 saturated carbocycles. The second kappa shape index (κ2) is 8.50. The Balaban J connectivity index is 2.45. The van der Waals surface area contributed by atoms with Gasteiger partial charge in [0.15, 0.2) is 0 Å². The first-order valence-corrected chi connectivity index (χ1v) is 8.55. The molecule has 7 heteroatoms. The largest absolute Gasteiger partial charge is 0.466 e. The van der Waals surface area contributed by atoms with E-state index in [2.05, 4.69) is 11.4 Å². The van der Waals surface area contributed by atoms with Crippen molar-refractivity contribution in [2.75, 3.05) is 32.1 Å². The number of anilines is 1. The molecule has 0 aromatic heterocycles. The molecule has 26 heavy (non-hydrogen) atoms. The van der Waals surface area contributed by atoms with Gasteiger partial charge in [0.25, 0.3) is 5.91 Å². The van der Waals surface area contributed by atoms with Gasteiger partial charge in [0.1, 0.15) is 5.70 Å². The van der Waals surface area contributed by atoms with Crippen molar-refractivity contribution in [3.05, 3.63) is 40.1 Å². The van der Waals surface area contributed by atoms with Gasteiger partial charge in [-0.2, -0.15) is 5.26 Å². The predicted molar refractivity (Wildman–Crippen MR) is 96.2 cm³/mol. The number of hydrogen-bond acceptors (Lipinski definition) is 6. The number of β-amino-alcohol motifs (C(OH)–C–C–N with tert-alkyl or cyclic N) is 1. The average molecular weight is 357 g/mol. The summed E-state index contributed by atoms with van der Waals surface area (Å²) in [6, 6.07) is 5.88. The third kappa shape index (κ3) is 3.70.